The molecule has 2 fully saturated rings. The van der Waals surface area contributed by atoms with Crippen LogP contribution in [-0.2, 0) is 4.79 Å². The number of benzene rings is 1. The number of fused-ring (bicyclic) bond motifs is 1. The number of nitrogens with two attached hydrogens (primary N) is 1. The Morgan fingerprint density at radius 3 is 2.43 bits per heavy atom. The van der Waals surface area contributed by atoms with Gasteiger partial charge in [0.1, 0.15) is 11.5 Å². The third kappa shape index (κ3) is 6.32. The number of imidazole rings is 1. The molecule has 8 nitrogen and oxygen atoms in total. The zero-order chi connectivity index (χ0) is 30.6. The van der Waals surface area contributed by atoms with Crippen molar-refractivity contribution in [1.29, 1.82) is 0 Å². The number of nitrogens with one attached hydrogen (secondary N) is 2. The SMILES string of the molecule is CC(C)n1nc([C@H](CC(C)(C)C(F)F)c2nc3ccc([C@H](NC(=O)CC4CC(F)(F)C4)C4CC4)cc3[nH]2)cc1C(N)=O. The third-order valence-corrected chi connectivity index (χ3v) is 8.45. The topological polar surface area (TPSA) is 119 Å². The minimum atomic E-state index is -2.67. The smallest absolute Gasteiger partial charge is 0.266 e. The summed E-state index contributed by atoms with van der Waals surface area (Å²) in [6.07, 6.45) is -1.13. The minimum absolute atomic E-state index is 0.00558. The number of carbonyl (C=O) groups is 2. The van der Waals surface area contributed by atoms with Crippen LogP contribution in [0.5, 0.6) is 0 Å². The second-order valence-electron chi connectivity index (χ2n) is 13.0. The van der Waals surface area contributed by atoms with Gasteiger partial charge in [-0.25, -0.2) is 22.5 Å². The lowest BCUT2D eigenvalue weighted by Crippen LogP contribution is -2.39. The number of carbonyl (C=O) groups excluding carboxylic acids is 2. The van der Waals surface area contributed by atoms with Gasteiger partial charge in [0.2, 0.25) is 18.3 Å². The van der Waals surface area contributed by atoms with Gasteiger partial charge in [0, 0.05) is 30.7 Å². The highest BCUT2D eigenvalue weighted by molar-refractivity contribution is 5.91. The molecule has 0 unspecified atom stereocenters. The normalized spacial score (nSPS) is 18.8. The van der Waals surface area contributed by atoms with E-state index in [1.165, 1.54) is 18.5 Å². The predicted octanol–water partition coefficient (Wildman–Crippen LogP) is 6.26. The second kappa shape index (κ2) is 11.0. The number of hydrogen-bond donors (Lipinski definition) is 3. The summed E-state index contributed by atoms with van der Waals surface area (Å²) in [5, 5.41) is 7.65. The van der Waals surface area contributed by atoms with Gasteiger partial charge in [-0.05, 0) is 68.7 Å². The van der Waals surface area contributed by atoms with Gasteiger partial charge in [-0.3, -0.25) is 14.3 Å². The van der Waals surface area contributed by atoms with Gasteiger partial charge in [0.15, 0.2) is 0 Å². The second-order valence-corrected chi connectivity index (χ2v) is 13.0. The van der Waals surface area contributed by atoms with Crippen LogP contribution in [0, 0.1) is 17.3 Å². The van der Waals surface area contributed by atoms with E-state index < -0.39 is 29.6 Å². The Hall–Kier alpha value is -3.44. The van der Waals surface area contributed by atoms with E-state index >= 15 is 0 Å². The lowest BCUT2D eigenvalue weighted by Gasteiger charge is -2.34. The zero-order valence-electron chi connectivity index (χ0n) is 24.3. The first-order chi connectivity index (χ1) is 19.6. The number of nitrogens with zero attached hydrogens (tertiary/aromatic N) is 3. The molecule has 1 aromatic carbocycles. The number of alkyl halides is 4. The van der Waals surface area contributed by atoms with Crippen LogP contribution in [-0.4, -0.2) is 43.9 Å². The molecule has 2 heterocycles. The average Bonchev–Trinajstić information content (AvgIpc) is 3.46. The molecule has 2 amide bonds. The fourth-order valence-electron chi connectivity index (χ4n) is 5.85. The summed E-state index contributed by atoms with van der Waals surface area (Å²) in [5.41, 5.74) is 6.95. The van der Waals surface area contributed by atoms with Crippen LogP contribution in [0.1, 0.15) is 112 Å². The van der Waals surface area contributed by atoms with E-state index in [9.17, 15) is 27.2 Å². The Bertz CT molecular complexity index is 1470. The van der Waals surface area contributed by atoms with Crippen LogP contribution >= 0.6 is 0 Å². The molecular formula is C30H38F4N6O2. The number of primary amides is 1. The summed E-state index contributed by atoms with van der Waals surface area (Å²) in [6.45, 7) is 6.65. The molecule has 2 saturated carbocycles. The summed E-state index contributed by atoms with van der Waals surface area (Å²) < 4.78 is 56.0. The highest BCUT2D eigenvalue weighted by Crippen LogP contribution is 2.45. The standard InChI is InChI=1S/C30H38F4N6O2/c1-15(2)40-23(26(35)42)11-21(39-40)19(14-29(3,4)28(31)32)27-36-20-8-7-18(10-22(20)37-27)25(17-5-6-17)38-24(41)9-16-12-30(33,34)13-16/h7-8,10-11,15-17,19,25,28H,5-6,9,12-14H2,1-4H3,(H2,35,42)(H,36,37)(H,38,41)/t19-,25+/m0/s1. The number of halogens is 4. The first-order valence-electron chi connectivity index (χ1n) is 14.5. The highest BCUT2D eigenvalue weighted by atomic mass is 19.3. The van der Waals surface area contributed by atoms with Crippen molar-refractivity contribution in [2.45, 2.75) is 96.6 Å². The van der Waals surface area contributed by atoms with Gasteiger partial charge in [-0.1, -0.05) is 19.9 Å². The van der Waals surface area contributed by atoms with E-state index in [2.05, 4.69) is 15.4 Å². The molecule has 12 heteroatoms. The number of aromatic amines is 1. The maximum Gasteiger partial charge on any atom is 0.266 e. The quantitative estimate of drug-likeness (QED) is 0.216. The van der Waals surface area contributed by atoms with E-state index in [0.717, 1.165) is 18.4 Å². The van der Waals surface area contributed by atoms with E-state index in [1.807, 2.05) is 32.0 Å². The maximum absolute atomic E-state index is 14.0. The van der Waals surface area contributed by atoms with Gasteiger partial charge in [-0.15, -0.1) is 0 Å². The van der Waals surface area contributed by atoms with Crippen LogP contribution < -0.4 is 11.1 Å². The lowest BCUT2D eigenvalue weighted by atomic mass is 9.79. The monoisotopic (exact) mass is 590 g/mol. The lowest BCUT2D eigenvalue weighted by molar-refractivity contribution is -0.134. The van der Waals surface area contributed by atoms with Crippen molar-refractivity contribution in [2.75, 3.05) is 0 Å². The van der Waals surface area contributed by atoms with Gasteiger partial charge >= 0.3 is 0 Å². The molecule has 2 atom stereocenters. The summed E-state index contributed by atoms with van der Waals surface area (Å²) >= 11 is 0. The number of rotatable bonds is 12. The van der Waals surface area contributed by atoms with Gasteiger partial charge in [0.05, 0.1) is 28.7 Å². The zero-order valence-corrected chi connectivity index (χ0v) is 24.3. The highest BCUT2D eigenvalue weighted by Gasteiger charge is 2.46. The molecule has 2 aliphatic rings. The molecule has 0 aliphatic heterocycles. The van der Waals surface area contributed by atoms with Gasteiger partial charge in [0.25, 0.3) is 5.91 Å². The van der Waals surface area contributed by atoms with Crippen LogP contribution in [0.4, 0.5) is 17.6 Å². The molecule has 0 saturated heterocycles. The Labute approximate surface area is 241 Å². The molecule has 228 valence electrons. The van der Waals surface area contributed by atoms with Crippen molar-refractivity contribution in [3.63, 3.8) is 0 Å². The molecule has 0 radical (unpaired) electrons. The molecule has 2 aromatic heterocycles. The molecule has 0 bridgehead atoms. The molecule has 5 rings (SSSR count). The summed E-state index contributed by atoms with van der Waals surface area (Å²) in [6, 6.07) is 6.69. The van der Waals surface area contributed by atoms with Crippen LogP contribution in [0.3, 0.4) is 0 Å². The fourth-order valence-corrected chi connectivity index (χ4v) is 5.85. The average molecular weight is 591 g/mol. The molecular weight excluding hydrogens is 552 g/mol. The Morgan fingerprint density at radius 1 is 1.19 bits per heavy atom. The van der Waals surface area contributed by atoms with Crippen LogP contribution in [0.15, 0.2) is 24.3 Å². The number of aromatic nitrogens is 4. The first-order valence-corrected chi connectivity index (χ1v) is 14.5. The minimum Gasteiger partial charge on any atom is -0.364 e. The molecule has 0 spiro atoms. The Balaban J connectivity index is 1.45. The molecule has 2 aliphatic carbocycles. The third-order valence-electron chi connectivity index (χ3n) is 8.45. The summed E-state index contributed by atoms with van der Waals surface area (Å²) in [4.78, 5) is 32.9. The van der Waals surface area contributed by atoms with Crippen molar-refractivity contribution >= 4 is 22.8 Å². The Morgan fingerprint density at radius 2 is 1.88 bits per heavy atom. The maximum atomic E-state index is 14.0. The van der Waals surface area contributed by atoms with E-state index in [0.29, 0.717) is 22.6 Å². The summed E-state index contributed by atoms with van der Waals surface area (Å²) in [7, 11) is 0. The first kappa shape index (κ1) is 30.0. The van der Waals surface area contributed by atoms with E-state index in [4.69, 9.17) is 10.7 Å². The summed E-state index contributed by atoms with van der Waals surface area (Å²) in [5.74, 6) is -3.87. The van der Waals surface area contributed by atoms with Crippen molar-refractivity contribution in [3.8, 4) is 0 Å². The van der Waals surface area contributed by atoms with Crippen molar-refractivity contribution in [1.82, 2.24) is 25.1 Å². The number of hydrogen-bond acceptors (Lipinski definition) is 4. The van der Waals surface area contributed by atoms with E-state index in [-0.39, 0.29) is 61.2 Å². The number of amides is 2. The van der Waals surface area contributed by atoms with Gasteiger partial charge in [-0.2, -0.15) is 5.10 Å². The van der Waals surface area contributed by atoms with Crippen molar-refractivity contribution < 1.29 is 27.2 Å². The Kier molecular flexibility index (Phi) is 7.86. The fraction of sp³-hybridized carbons (Fsp3) is 0.600. The van der Waals surface area contributed by atoms with Crippen LogP contribution in [0.2, 0.25) is 0 Å². The van der Waals surface area contributed by atoms with Crippen molar-refractivity contribution in [3.05, 3.63) is 47.0 Å². The number of H-pyrrole nitrogens is 1. The van der Waals surface area contributed by atoms with E-state index in [1.54, 1.807) is 6.07 Å². The van der Waals surface area contributed by atoms with Gasteiger partial charge < -0.3 is 16.0 Å². The van der Waals surface area contributed by atoms with Crippen molar-refractivity contribution in [2.24, 2.45) is 23.0 Å². The molecule has 4 N–H and O–H groups in total. The largest absolute Gasteiger partial charge is 0.364 e. The predicted molar refractivity (Wildman–Crippen MR) is 149 cm³/mol. The van der Waals surface area contributed by atoms with Crippen LogP contribution in [0.25, 0.3) is 11.0 Å². The molecule has 42 heavy (non-hydrogen) atoms. The molecule has 3 aromatic rings.